The molecule has 12 heteroatoms. The number of anilines is 1. The molecule has 0 aliphatic carbocycles. The Labute approximate surface area is 246 Å². The molecule has 8 nitrogen and oxygen atoms in total. The molecule has 1 aromatic heterocycles. The summed E-state index contributed by atoms with van der Waals surface area (Å²) in [6.45, 7) is 6.08. The van der Waals surface area contributed by atoms with Crippen molar-refractivity contribution in [1.29, 1.82) is 0 Å². The Morgan fingerprint density at radius 3 is 2.45 bits per heavy atom. The van der Waals surface area contributed by atoms with Gasteiger partial charge in [0.1, 0.15) is 18.0 Å². The second-order valence-corrected chi connectivity index (χ2v) is 11.2. The third-order valence-corrected chi connectivity index (χ3v) is 6.59. The molecule has 3 aromatic carbocycles. The fourth-order valence-corrected chi connectivity index (χ4v) is 4.44. The van der Waals surface area contributed by atoms with E-state index in [-0.39, 0.29) is 29.8 Å². The molecular formula is C30H32ClF3N4O4. The van der Waals surface area contributed by atoms with Gasteiger partial charge in [-0.15, -0.1) is 0 Å². The number of aliphatic hydroxyl groups is 1. The van der Waals surface area contributed by atoms with Gasteiger partial charge >= 0.3 is 12.3 Å². The fourth-order valence-electron chi connectivity index (χ4n) is 4.33. The number of fused-ring (bicyclic) bond motifs is 1. The molecule has 0 spiro atoms. The first-order chi connectivity index (χ1) is 19.7. The zero-order valence-electron chi connectivity index (χ0n) is 23.4. The maximum atomic E-state index is 13.7. The monoisotopic (exact) mass is 604 g/mol. The van der Waals surface area contributed by atoms with Gasteiger partial charge in [0.2, 0.25) is 0 Å². The Kier molecular flexibility index (Phi) is 9.34. The molecule has 0 bridgehead atoms. The van der Waals surface area contributed by atoms with Gasteiger partial charge < -0.3 is 20.3 Å². The smallest absolute Gasteiger partial charge is 0.435 e. The van der Waals surface area contributed by atoms with Crippen LogP contribution in [0.3, 0.4) is 0 Å². The van der Waals surface area contributed by atoms with Crippen molar-refractivity contribution < 1.29 is 32.5 Å². The lowest BCUT2D eigenvalue weighted by Gasteiger charge is -2.25. The third-order valence-electron chi connectivity index (χ3n) is 6.25. The van der Waals surface area contributed by atoms with Crippen molar-refractivity contribution in [3.05, 3.63) is 88.6 Å². The molecule has 0 aliphatic heterocycles. The summed E-state index contributed by atoms with van der Waals surface area (Å²) in [5.41, 5.74) is 5.67. The standard InChI is InChI=1S/C30H32ClF3N4O4/c1-29(2,3)42-28(40)38-25-16-21(10-11-22(25)27(36-38)30(32,33)34)41-14-13-37(17-19-7-5-4-6-8-19)18-26(39)20-9-12-23(31)24(35)15-20/h4-12,15-16,26,39H,13-14,17-18,35H2,1-3H3. The van der Waals surface area contributed by atoms with Crippen LogP contribution < -0.4 is 10.5 Å². The van der Waals surface area contributed by atoms with Crippen molar-refractivity contribution in [1.82, 2.24) is 14.7 Å². The number of carbonyl (C=O) groups excluding carboxylic acids is 1. The van der Waals surface area contributed by atoms with Crippen LogP contribution in [0.25, 0.3) is 10.9 Å². The summed E-state index contributed by atoms with van der Waals surface area (Å²) in [6, 6.07) is 18.6. The maximum Gasteiger partial charge on any atom is 0.435 e. The van der Waals surface area contributed by atoms with E-state index in [0.717, 1.165) is 5.56 Å². The third kappa shape index (κ3) is 7.93. The first-order valence-corrected chi connectivity index (χ1v) is 13.5. The molecule has 1 atom stereocenters. The number of rotatable bonds is 9. The highest BCUT2D eigenvalue weighted by atomic mass is 35.5. The van der Waals surface area contributed by atoms with Gasteiger partial charge in [-0.3, -0.25) is 4.90 Å². The average Bonchev–Trinajstić information content (AvgIpc) is 3.29. The molecule has 1 unspecified atom stereocenters. The van der Waals surface area contributed by atoms with E-state index in [0.29, 0.717) is 34.0 Å². The highest BCUT2D eigenvalue weighted by molar-refractivity contribution is 6.33. The Morgan fingerprint density at radius 1 is 1.10 bits per heavy atom. The topological polar surface area (TPSA) is 103 Å². The van der Waals surface area contributed by atoms with Gasteiger partial charge in [0, 0.05) is 31.1 Å². The van der Waals surface area contributed by atoms with E-state index >= 15 is 0 Å². The minimum Gasteiger partial charge on any atom is -0.492 e. The van der Waals surface area contributed by atoms with Crippen LogP contribution in [-0.4, -0.2) is 51.2 Å². The van der Waals surface area contributed by atoms with Crippen LogP contribution in [0.2, 0.25) is 5.02 Å². The minimum atomic E-state index is -4.78. The number of halogens is 4. The van der Waals surface area contributed by atoms with E-state index in [2.05, 4.69) is 5.10 Å². The second kappa shape index (κ2) is 12.6. The number of carbonyl (C=O) groups is 1. The number of nitrogens with zero attached hydrogens (tertiary/aromatic N) is 3. The lowest BCUT2D eigenvalue weighted by atomic mass is 10.1. The normalized spacial score (nSPS) is 13.0. The van der Waals surface area contributed by atoms with E-state index in [4.69, 9.17) is 26.8 Å². The van der Waals surface area contributed by atoms with Crippen molar-refractivity contribution in [2.45, 2.75) is 45.2 Å². The number of hydrogen-bond acceptors (Lipinski definition) is 7. The summed E-state index contributed by atoms with van der Waals surface area (Å²) in [7, 11) is 0. The van der Waals surface area contributed by atoms with Crippen LogP contribution in [0.5, 0.6) is 5.75 Å². The van der Waals surface area contributed by atoms with Crippen molar-refractivity contribution >= 4 is 34.3 Å². The van der Waals surface area contributed by atoms with Crippen molar-refractivity contribution in [3.8, 4) is 5.75 Å². The van der Waals surface area contributed by atoms with Gasteiger partial charge in [0.05, 0.1) is 22.3 Å². The zero-order chi connectivity index (χ0) is 30.7. The Bertz CT molecular complexity index is 1540. The number of nitrogen functional groups attached to an aromatic ring is 1. The number of ether oxygens (including phenoxy) is 2. The summed E-state index contributed by atoms with van der Waals surface area (Å²) in [5.74, 6) is 0.242. The molecule has 42 heavy (non-hydrogen) atoms. The molecule has 0 fully saturated rings. The highest BCUT2D eigenvalue weighted by Crippen LogP contribution is 2.35. The van der Waals surface area contributed by atoms with Crippen LogP contribution >= 0.6 is 11.6 Å². The highest BCUT2D eigenvalue weighted by Gasteiger charge is 2.38. The van der Waals surface area contributed by atoms with Gasteiger partial charge in [-0.05, 0) is 56.2 Å². The molecule has 4 aromatic rings. The Balaban J connectivity index is 1.53. The van der Waals surface area contributed by atoms with E-state index in [1.54, 1.807) is 39.0 Å². The summed E-state index contributed by atoms with van der Waals surface area (Å²) >= 11 is 6.02. The van der Waals surface area contributed by atoms with Gasteiger partial charge in [-0.25, -0.2) is 4.79 Å². The van der Waals surface area contributed by atoms with E-state index in [9.17, 15) is 23.1 Å². The molecule has 0 saturated carbocycles. The molecule has 1 heterocycles. The van der Waals surface area contributed by atoms with Crippen molar-refractivity contribution in [2.24, 2.45) is 0 Å². The van der Waals surface area contributed by atoms with E-state index in [1.807, 2.05) is 35.2 Å². The van der Waals surface area contributed by atoms with Crippen molar-refractivity contribution in [3.63, 3.8) is 0 Å². The number of aromatic nitrogens is 2. The Hall–Kier alpha value is -3.80. The number of alkyl halides is 3. The number of hydrogen-bond donors (Lipinski definition) is 2. The largest absolute Gasteiger partial charge is 0.492 e. The van der Waals surface area contributed by atoms with Crippen LogP contribution in [0.1, 0.15) is 43.7 Å². The predicted octanol–water partition coefficient (Wildman–Crippen LogP) is 6.69. The molecule has 3 N–H and O–H groups in total. The Morgan fingerprint density at radius 2 is 1.81 bits per heavy atom. The maximum absolute atomic E-state index is 13.7. The molecule has 0 amide bonds. The molecular weight excluding hydrogens is 573 g/mol. The number of benzene rings is 3. The van der Waals surface area contributed by atoms with Crippen LogP contribution in [0, 0.1) is 0 Å². The van der Waals surface area contributed by atoms with Gasteiger partial charge in [0.25, 0.3) is 0 Å². The van der Waals surface area contributed by atoms with Crippen LogP contribution in [0.15, 0.2) is 66.7 Å². The van der Waals surface area contributed by atoms with E-state index in [1.165, 1.54) is 18.2 Å². The first-order valence-electron chi connectivity index (χ1n) is 13.2. The molecule has 0 saturated heterocycles. The molecule has 0 radical (unpaired) electrons. The number of aliphatic hydroxyl groups excluding tert-OH is 1. The fraction of sp³-hybridized carbons (Fsp3) is 0.333. The molecule has 4 rings (SSSR count). The number of nitrogens with two attached hydrogens (primary N) is 1. The average molecular weight is 605 g/mol. The quantitative estimate of drug-likeness (QED) is 0.205. The lowest BCUT2D eigenvalue weighted by Crippen LogP contribution is -2.32. The molecule has 0 aliphatic rings. The molecule has 224 valence electrons. The summed E-state index contributed by atoms with van der Waals surface area (Å²) in [4.78, 5) is 14.7. The van der Waals surface area contributed by atoms with Crippen molar-refractivity contribution in [2.75, 3.05) is 25.4 Å². The lowest BCUT2D eigenvalue weighted by molar-refractivity contribution is -0.140. The van der Waals surface area contributed by atoms with E-state index < -0.39 is 29.7 Å². The second-order valence-electron chi connectivity index (χ2n) is 10.8. The minimum absolute atomic E-state index is 0.0917. The summed E-state index contributed by atoms with van der Waals surface area (Å²) < 4.78 is 52.8. The van der Waals surface area contributed by atoms with Gasteiger partial charge in [-0.2, -0.15) is 23.0 Å². The first kappa shape index (κ1) is 31.1. The summed E-state index contributed by atoms with van der Waals surface area (Å²) in [5, 5.41) is 14.6. The SMILES string of the molecule is CC(C)(C)OC(=O)n1nc(C(F)(F)F)c2ccc(OCCN(Cc3ccccc3)CC(O)c3ccc(Cl)c(N)c3)cc21. The van der Waals surface area contributed by atoms with Gasteiger partial charge in [0.15, 0.2) is 5.69 Å². The summed E-state index contributed by atoms with van der Waals surface area (Å²) in [6.07, 6.45) is -6.68. The van der Waals surface area contributed by atoms with Gasteiger partial charge in [-0.1, -0.05) is 48.0 Å². The predicted molar refractivity (Wildman–Crippen MR) is 154 cm³/mol. The zero-order valence-corrected chi connectivity index (χ0v) is 24.1. The van der Waals surface area contributed by atoms with Crippen LogP contribution in [-0.2, 0) is 17.5 Å². The van der Waals surface area contributed by atoms with Crippen LogP contribution in [0.4, 0.5) is 23.7 Å².